The maximum absolute atomic E-state index is 13.6. The zero-order valence-electron chi connectivity index (χ0n) is 26.8. The first-order chi connectivity index (χ1) is 21.1. The number of benzene rings is 2. The Bertz CT molecular complexity index is 1700. The Labute approximate surface area is 260 Å². The largest absolute Gasteiger partial charge is 0.467 e. The number of aromatic nitrogens is 2. The highest BCUT2D eigenvalue weighted by Crippen LogP contribution is 2.28. The number of unbranched alkanes of at least 4 members (excludes halogenated alkanes) is 1. The van der Waals surface area contributed by atoms with E-state index in [1.807, 2.05) is 65.1 Å². The topological polar surface area (TPSA) is 84.4 Å². The molecule has 4 rings (SSSR count). The molecule has 0 aliphatic rings. The van der Waals surface area contributed by atoms with E-state index in [0.29, 0.717) is 34.7 Å². The molecule has 44 heavy (non-hydrogen) atoms. The fraction of sp³-hybridized carbons (Fsp3) is 0.297. The standard InChI is InChI=1S/C37H42N4O3/c1-8-27(6)44-34(24(2)3)14-10-12-20-41(7)37(43)28-15-17-29(18-16-28)39-36(42)31-23-33(32-13-9-11-19-38-32)40-35-26(5)21-25(4)22-30(31)35/h8-9,11,13,15-19,21-23H,10,12,14,20H2,1-7H3,(H,39,42)/b27-8-. The van der Waals surface area contributed by atoms with Crippen LogP contribution in [-0.2, 0) is 4.74 Å². The van der Waals surface area contributed by atoms with E-state index in [2.05, 4.69) is 30.2 Å². The van der Waals surface area contributed by atoms with Crippen molar-refractivity contribution in [2.24, 2.45) is 0 Å². The van der Waals surface area contributed by atoms with Crippen molar-refractivity contribution in [3.05, 3.63) is 112 Å². The number of amides is 2. The summed E-state index contributed by atoms with van der Waals surface area (Å²) in [6.07, 6.45) is 6.29. The van der Waals surface area contributed by atoms with Gasteiger partial charge in [0, 0.05) is 42.8 Å². The molecule has 0 unspecified atom stereocenters. The van der Waals surface area contributed by atoms with Crippen LogP contribution in [0.1, 0.15) is 78.8 Å². The van der Waals surface area contributed by atoms with E-state index in [1.54, 1.807) is 41.4 Å². The first kappa shape index (κ1) is 32.1. The van der Waals surface area contributed by atoms with Crippen LogP contribution in [0.3, 0.4) is 0 Å². The molecule has 2 heterocycles. The van der Waals surface area contributed by atoms with Crippen LogP contribution in [0.2, 0.25) is 0 Å². The quantitative estimate of drug-likeness (QED) is 0.140. The normalized spacial score (nSPS) is 11.3. The molecule has 0 saturated carbocycles. The molecular weight excluding hydrogens is 548 g/mol. The molecule has 0 saturated heterocycles. The van der Waals surface area contributed by atoms with Crippen molar-refractivity contribution in [3.63, 3.8) is 0 Å². The Balaban J connectivity index is 1.43. The molecule has 228 valence electrons. The smallest absolute Gasteiger partial charge is 0.256 e. The van der Waals surface area contributed by atoms with Crippen molar-refractivity contribution in [1.29, 1.82) is 0 Å². The van der Waals surface area contributed by atoms with Gasteiger partial charge in [-0.05, 0) is 120 Å². The molecule has 7 nitrogen and oxygen atoms in total. The van der Waals surface area contributed by atoms with Gasteiger partial charge in [-0.25, -0.2) is 4.98 Å². The number of carbonyl (C=O) groups excluding carboxylic acids is 2. The van der Waals surface area contributed by atoms with Crippen LogP contribution < -0.4 is 5.32 Å². The molecule has 2 aromatic heterocycles. The number of rotatable bonds is 11. The van der Waals surface area contributed by atoms with Crippen molar-refractivity contribution in [2.75, 3.05) is 18.9 Å². The second-order valence-electron chi connectivity index (χ2n) is 11.4. The van der Waals surface area contributed by atoms with Crippen LogP contribution in [0.4, 0.5) is 5.69 Å². The average Bonchev–Trinajstić information content (AvgIpc) is 3.02. The molecule has 2 aromatic carbocycles. The van der Waals surface area contributed by atoms with Crippen molar-refractivity contribution < 1.29 is 14.3 Å². The molecule has 0 aliphatic heterocycles. The van der Waals surface area contributed by atoms with E-state index in [9.17, 15) is 9.59 Å². The summed E-state index contributed by atoms with van der Waals surface area (Å²) in [5.74, 6) is 1.57. The molecule has 0 bridgehead atoms. The predicted octanol–water partition coefficient (Wildman–Crippen LogP) is 8.64. The predicted molar refractivity (Wildman–Crippen MR) is 179 cm³/mol. The zero-order chi connectivity index (χ0) is 31.8. The molecule has 0 fully saturated rings. The number of anilines is 1. The second kappa shape index (κ2) is 14.6. The third kappa shape index (κ3) is 7.98. The maximum Gasteiger partial charge on any atom is 0.256 e. The van der Waals surface area contributed by atoms with Crippen LogP contribution >= 0.6 is 0 Å². The van der Waals surface area contributed by atoms with E-state index in [-0.39, 0.29) is 11.8 Å². The summed E-state index contributed by atoms with van der Waals surface area (Å²) in [6, 6.07) is 18.5. The number of allylic oxidation sites excluding steroid dienone is 4. The van der Waals surface area contributed by atoms with Gasteiger partial charge in [-0.1, -0.05) is 17.7 Å². The molecule has 1 N–H and O–H groups in total. The van der Waals surface area contributed by atoms with Gasteiger partial charge in [0.25, 0.3) is 11.8 Å². The molecule has 7 heteroatoms. The highest BCUT2D eigenvalue weighted by atomic mass is 16.5. The number of carbonyl (C=O) groups is 2. The Morgan fingerprint density at radius 3 is 2.36 bits per heavy atom. The zero-order valence-corrected chi connectivity index (χ0v) is 26.8. The van der Waals surface area contributed by atoms with E-state index in [0.717, 1.165) is 52.8 Å². The molecule has 0 spiro atoms. The minimum Gasteiger partial charge on any atom is -0.467 e. The maximum atomic E-state index is 13.6. The number of ether oxygens (including phenoxy) is 1. The number of hydrogen-bond donors (Lipinski definition) is 1. The van der Waals surface area contributed by atoms with E-state index in [4.69, 9.17) is 9.72 Å². The van der Waals surface area contributed by atoms with Gasteiger partial charge in [-0.2, -0.15) is 0 Å². The van der Waals surface area contributed by atoms with Gasteiger partial charge in [0.15, 0.2) is 0 Å². The fourth-order valence-corrected chi connectivity index (χ4v) is 5.02. The lowest BCUT2D eigenvalue weighted by Gasteiger charge is -2.18. The van der Waals surface area contributed by atoms with Crippen LogP contribution in [0.5, 0.6) is 0 Å². The first-order valence-electron chi connectivity index (χ1n) is 15.0. The van der Waals surface area contributed by atoms with E-state index < -0.39 is 0 Å². The third-order valence-electron chi connectivity index (χ3n) is 7.55. The molecule has 0 radical (unpaired) electrons. The Morgan fingerprint density at radius 2 is 1.70 bits per heavy atom. The average molecular weight is 591 g/mol. The van der Waals surface area contributed by atoms with Crippen molar-refractivity contribution in [2.45, 2.75) is 60.8 Å². The fourth-order valence-electron chi connectivity index (χ4n) is 5.02. The van der Waals surface area contributed by atoms with Crippen LogP contribution in [0.15, 0.2) is 90.0 Å². The van der Waals surface area contributed by atoms with E-state index >= 15 is 0 Å². The summed E-state index contributed by atoms with van der Waals surface area (Å²) < 4.78 is 5.93. The van der Waals surface area contributed by atoms with Crippen molar-refractivity contribution >= 4 is 28.4 Å². The van der Waals surface area contributed by atoms with Gasteiger partial charge in [0.2, 0.25) is 0 Å². The molecule has 0 atom stereocenters. The third-order valence-corrected chi connectivity index (χ3v) is 7.55. The summed E-state index contributed by atoms with van der Waals surface area (Å²) in [6.45, 7) is 12.7. The minimum absolute atomic E-state index is 0.0580. The minimum atomic E-state index is -0.250. The first-order valence-corrected chi connectivity index (χ1v) is 15.0. The van der Waals surface area contributed by atoms with Crippen molar-refractivity contribution in [1.82, 2.24) is 14.9 Å². The number of hydrogen-bond acceptors (Lipinski definition) is 5. The molecular formula is C37H42N4O3. The highest BCUT2D eigenvalue weighted by molar-refractivity contribution is 6.13. The van der Waals surface area contributed by atoms with Crippen molar-refractivity contribution in [3.8, 4) is 11.4 Å². The summed E-state index contributed by atoms with van der Waals surface area (Å²) in [4.78, 5) is 37.7. The Morgan fingerprint density at radius 1 is 0.955 bits per heavy atom. The van der Waals surface area contributed by atoms with Gasteiger partial charge >= 0.3 is 0 Å². The Kier molecular flexibility index (Phi) is 10.7. The summed E-state index contributed by atoms with van der Waals surface area (Å²) in [5, 5.41) is 3.80. The SMILES string of the molecule is C/C=C(/C)OC(CCCCN(C)C(=O)c1ccc(NC(=O)c2cc(-c3ccccn3)nc3c(C)cc(C)cc23)cc1)=C(C)C. The lowest BCUT2D eigenvalue weighted by Crippen LogP contribution is -2.27. The second-order valence-corrected chi connectivity index (χ2v) is 11.4. The number of pyridine rings is 2. The lowest BCUT2D eigenvalue weighted by molar-refractivity contribution is 0.0792. The monoisotopic (exact) mass is 590 g/mol. The summed E-state index contributed by atoms with van der Waals surface area (Å²) >= 11 is 0. The van der Waals surface area contributed by atoms with Gasteiger partial charge < -0.3 is 15.0 Å². The molecule has 2 amide bonds. The van der Waals surface area contributed by atoms with Gasteiger partial charge in [0.1, 0.15) is 5.76 Å². The molecule has 4 aromatic rings. The number of nitrogens with zero attached hydrogens (tertiary/aromatic N) is 3. The Hall–Kier alpha value is -4.78. The lowest BCUT2D eigenvalue weighted by atomic mass is 10.00. The number of fused-ring (bicyclic) bond motifs is 1. The van der Waals surface area contributed by atoms with Gasteiger partial charge in [-0.15, -0.1) is 0 Å². The van der Waals surface area contributed by atoms with Crippen LogP contribution in [0.25, 0.3) is 22.3 Å². The van der Waals surface area contributed by atoms with Crippen LogP contribution in [-0.4, -0.2) is 40.3 Å². The highest BCUT2D eigenvalue weighted by Gasteiger charge is 2.17. The van der Waals surface area contributed by atoms with Gasteiger partial charge in [-0.3, -0.25) is 14.6 Å². The molecule has 0 aliphatic carbocycles. The number of aryl methyl sites for hydroxylation is 2. The van der Waals surface area contributed by atoms with Crippen LogP contribution in [0, 0.1) is 13.8 Å². The summed E-state index contributed by atoms with van der Waals surface area (Å²) in [5.41, 5.74) is 7.01. The van der Waals surface area contributed by atoms with E-state index in [1.165, 1.54) is 5.57 Å². The summed E-state index contributed by atoms with van der Waals surface area (Å²) in [7, 11) is 1.82. The van der Waals surface area contributed by atoms with Gasteiger partial charge in [0.05, 0.1) is 28.2 Å². The number of nitrogens with one attached hydrogen (secondary N) is 1.